The van der Waals surface area contributed by atoms with Crippen LogP contribution in [0.25, 0.3) is 17.2 Å². The Balaban J connectivity index is 1.68. The van der Waals surface area contributed by atoms with Crippen molar-refractivity contribution in [3.05, 3.63) is 82.1 Å². The highest BCUT2D eigenvalue weighted by Gasteiger charge is 2.16. The van der Waals surface area contributed by atoms with E-state index in [4.69, 9.17) is 0 Å². The lowest BCUT2D eigenvalue weighted by molar-refractivity contribution is 0.102. The van der Waals surface area contributed by atoms with Gasteiger partial charge < -0.3 is 5.32 Å². The molecule has 2 N–H and O–H groups in total. The summed E-state index contributed by atoms with van der Waals surface area (Å²) in [5.41, 5.74) is 2.07. The van der Waals surface area contributed by atoms with Gasteiger partial charge in [-0.1, -0.05) is 63.2 Å². The van der Waals surface area contributed by atoms with Gasteiger partial charge in [0.1, 0.15) is 5.82 Å². The van der Waals surface area contributed by atoms with E-state index in [-0.39, 0.29) is 28.5 Å². The van der Waals surface area contributed by atoms with Crippen LogP contribution in [0.5, 0.6) is 0 Å². The molecule has 0 aliphatic heterocycles. The maximum absolute atomic E-state index is 12.7. The Bertz CT molecular complexity index is 1230. The Morgan fingerprint density at radius 1 is 1.03 bits per heavy atom. The minimum atomic E-state index is -0.372. The summed E-state index contributed by atoms with van der Waals surface area (Å²) in [4.78, 5) is 31.8. The molecule has 7 heteroatoms. The molecule has 29 heavy (non-hydrogen) atoms. The van der Waals surface area contributed by atoms with Crippen LogP contribution >= 0.6 is 0 Å². The molecule has 2 aromatic heterocycles. The molecule has 0 saturated heterocycles. The second-order valence-corrected chi connectivity index (χ2v) is 7.84. The van der Waals surface area contributed by atoms with Gasteiger partial charge in [0.15, 0.2) is 5.82 Å². The lowest BCUT2D eigenvalue weighted by atomic mass is 9.87. The maximum Gasteiger partial charge on any atom is 0.256 e. The van der Waals surface area contributed by atoms with Gasteiger partial charge in [-0.05, 0) is 23.1 Å². The van der Waals surface area contributed by atoms with Crippen LogP contribution in [0.15, 0.2) is 65.5 Å². The van der Waals surface area contributed by atoms with E-state index in [1.165, 1.54) is 10.6 Å². The third kappa shape index (κ3) is 3.80. The molecule has 2 aromatic carbocycles. The fourth-order valence-corrected chi connectivity index (χ4v) is 3.00. The lowest BCUT2D eigenvalue weighted by Crippen LogP contribution is -2.19. The summed E-state index contributed by atoms with van der Waals surface area (Å²) >= 11 is 0. The molecule has 0 aliphatic carbocycles. The Labute approximate surface area is 167 Å². The highest BCUT2D eigenvalue weighted by Crippen LogP contribution is 2.22. The van der Waals surface area contributed by atoms with E-state index in [1.807, 2.05) is 42.5 Å². The number of benzene rings is 2. The number of aromatic nitrogens is 4. The zero-order chi connectivity index (χ0) is 20.6. The van der Waals surface area contributed by atoms with Crippen LogP contribution < -0.4 is 10.9 Å². The van der Waals surface area contributed by atoms with Crippen molar-refractivity contribution >= 4 is 17.5 Å². The number of anilines is 1. The summed E-state index contributed by atoms with van der Waals surface area (Å²) in [5.74, 6) is 0.643. The van der Waals surface area contributed by atoms with Gasteiger partial charge in [-0.15, -0.1) is 5.10 Å². The van der Waals surface area contributed by atoms with Crippen molar-refractivity contribution in [3.8, 4) is 11.4 Å². The minimum absolute atomic E-state index is 0.00244. The molecule has 2 heterocycles. The number of carbonyl (C=O) groups excluding carboxylic acids is 1. The number of hydrogen-bond donors (Lipinski definition) is 2. The van der Waals surface area contributed by atoms with Crippen molar-refractivity contribution in [1.29, 1.82) is 0 Å². The topological polar surface area (TPSA) is 92.1 Å². The number of nitrogens with zero attached hydrogens (tertiary/aromatic N) is 3. The third-order valence-electron chi connectivity index (χ3n) is 4.62. The molecule has 0 unspecified atom stereocenters. The number of aromatic amines is 1. The van der Waals surface area contributed by atoms with Crippen LogP contribution in [-0.2, 0) is 5.41 Å². The summed E-state index contributed by atoms with van der Waals surface area (Å²) in [6.45, 7) is 6.35. The maximum atomic E-state index is 12.7. The smallest absolute Gasteiger partial charge is 0.256 e. The first-order valence-corrected chi connectivity index (χ1v) is 9.29. The largest absolute Gasteiger partial charge is 0.306 e. The highest BCUT2D eigenvalue weighted by atomic mass is 16.2. The fourth-order valence-electron chi connectivity index (χ4n) is 3.00. The van der Waals surface area contributed by atoms with Gasteiger partial charge in [0.05, 0.1) is 0 Å². The van der Waals surface area contributed by atoms with Crippen LogP contribution in [-0.4, -0.2) is 25.5 Å². The van der Waals surface area contributed by atoms with Gasteiger partial charge in [0.25, 0.3) is 11.5 Å². The van der Waals surface area contributed by atoms with Gasteiger partial charge in [-0.2, -0.15) is 9.50 Å². The lowest BCUT2D eigenvalue weighted by Gasteiger charge is -2.19. The summed E-state index contributed by atoms with van der Waals surface area (Å²) in [6, 6.07) is 18.1. The van der Waals surface area contributed by atoms with E-state index < -0.39 is 0 Å². The van der Waals surface area contributed by atoms with E-state index in [0.717, 1.165) is 11.1 Å². The van der Waals surface area contributed by atoms with Gasteiger partial charge in [0.2, 0.25) is 5.78 Å². The third-order valence-corrected chi connectivity index (χ3v) is 4.62. The molecule has 0 atom stereocenters. The Morgan fingerprint density at radius 2 is 1.72 bits per heavy atom. The van der Waals surface area contributed by atoms with E-state index in [2.05, 4.69) is 41.2 Å². The fraction of sp³-hybridized carbons (Fsp3) is 0.182. The molecule has 0 saturated carbocycles. The van der Waals surface area contributed by atoms with Crippen LogP contribution in [0.1, 0.15) is 36.7 Å². The second kappa shape index (κ2) is 7.01. The summed E-state index contributed by atoms with van der Waals surface area (Å²) < 4.78 is 1.42. The zero-order valence-corrected chi connectivity index (χ0v) is 16.4. The quantitative estimate of drug-likeness (QED) is 0.561. The predicted molar refractivity (Wildman–Crippen MR) is 112 cm³/mol. The van der Waals surface area contributed by atoms with E-state index in [0.29, 0.717) is 11.4 Å². The van der Waals surface area contributed by atoms with Crippen LogP contribution in [0.3, 0.4) is 0 Å². The van der Waals surface area contributed by atoms with E-state index in [1.54, 1.807) is 12.1 Å². The average molecular weight is 387 g/mol. The molecule has 0 aliphatic rings. The Morgan fingerprint density at radius 3 is 2.38 bits per heavy atom. The number of H-pyrrole nitrogens is 1. The van der Waals surface area contributed by atoms with Crippen molar-refractivity contribution in [1.82, 2.24) is 19.6 Å². The van der Waals surface area contributed by atoms with Crippen LogP contribution in [0.4, 0.5) is 5.82 Å². The average Bonchev–Trinajstić information content (AvgIpc) is 3.12. The normalized spacial score (nSPS) is 11.6. The van der Waals surface area contributed by atoms with Crippen LogP contribution in [0, 0.1) is 0 Å². The van der Waals surface area contributed by atoms with E-state index >= 15 is 0 Å². The second-order valence-electron chi connectivity index (χ2n) is 7.84. The van der Waals surface area contributed by atoms with Gasteiger partial charge >= 0.3 is 0 Å². The number of fused-ring (bicyclic) bond motifs is 1. The molecule has 0 fully saturated rings. The number of amides is 1. The first kappa shape index (κ1) is 18.6. The summed E-state index contributed by atoms with van der Waals surface area (Å²) in [6.07, 6.45) is 0. The molecule has 1 amide bonds. The summed E-state index contributed by atoms with van der Waals surface area (Å²) in [5, 5.41) is 7.20. The molecule has 0 radical (unpaired) electrons. The van der Waals surface area contributed by atoms with Crippen molar-refractivity contribution in [3.63, 3.8) is 0 Å². The van der Waals surface area contributed by atoms with Gasteiger partial charge in [-0.25, -0.2) is 0 Å². The number of nitrogens with one attached hydrogen (secondary N) is 2. The Hall–Kier alpha value is -3.74. The number of hydrogen-bond acceptors (Lipinski definition) is 4. The van der Waals surface area contributed by atoms with Crippen molar-refractivity contribution < 1.29 is 4.79 Å². The van der Waals surface area contributed by atoms with Crippen molar-refractivity contribution in [2.75, 3.05) is 5.32 Å². The molecule has 0 spiro atoms. The first-order valence-electron chi connectivity index (χ1n) is 9.29. The Kier molecular flexibility index (Phi) is 4.50. The van der Waals surface area contributed by atoms with Gasteiger partial charge in [0, 0.05) is 17.2 Å². The molecule has 7 nitrogen and oxygen atoms in total. The summed E-state index contributed by atoms with van der Waals surface area (Å²) in [7, 11) is 0. The molecule has 0 bridgehead atoms. The standard InChI is InChI=1S/C22H21N5O2/c1-22(2,3)16-11-9-15(10-12-16)20(29)23-17-13-18(28)24-21-25-19(26-27(17)21)14-7-5-4-6-8-14/h4-13H,1-3H3,(H,23,29)(H,24,25,26,28). The molecular weight excluding hydrogens is 366 g/mol. The SMILES string of the molecule is CC(C)(C)c1ccc(C(=O)Nc2cc(=O)[nH]c3nc(-c4ccccc4)nn23)cc1. The molecule has 146 valence electrons. The first-order chi connectivity index (χ1) is 13.8. The zero-order valence-electron chi connectivity index (χ0n) is 16.4. The van der Waals surface area contributed by atoms with E-state index in [9.17, 15) is 9.59 Å². The predicted octanol–water partition coefficient (Wildman–Crippen LogP) is 3.63. The molecule has 4 rings (SSSR count). The minimum Gasteiger partial charge on any atom is -0.306 e. The van der Waals surface area contributed by atoms with Crippen molar-refractivity contribution in [2.45, 2.75) is 26.2 Å². The highest BCUT2D eigenvalue weighted by molar-refractivity contribution is 6.03. The number of carbonyl (C=O) groups is 1. The number of rotatable bonds is 3. The molecule has 4 aromatic rings. The molecular formula is C22H21N5O2. The van der Waals surface area contributed by atoms with Crippen LogP contribution in [0.2, 0.25) is 0 Å². The monoisotopic (exact) mass is 387 g/mol. The van der Waals surface area contributed by atoms with Gasteiger partial charge in [-0.3, -0.25) is 14.6 Å². The van der Waals surface area contributed by atoms with Crippen molar-refractivity contribution in [2.24, 2.45) is 0 Å².